The molecule has 0 atom stereocenters. The van der Waals surface area contributed by atoms with Gasteiger partial charge in [0.2, 0.25) is 5.89 Å². The van der Waals surface area contributed by atoms with Crippen molar-refractivity contribution in [2.45, 2.75) is 50.8 Å². The molecular weight excluding hydrogens is 380 g/mol. The van der Waals surface area contributed by atoms with Gasteiger partial charge in [0.25, 0.3) is 5.89 Å². The summed E-state index contributed by atoms with van der Waals surface area (Å²) in [6.07, 6.45) is 3.51. The molecule has 1 aliphatic rings. The first kappa shape index (κ1) is 16.9. The van der Waals surface area contributed by atoms with E-state index in [1.54, 1.807) is 11.8 Å². The number of fused-ring (bicyclic) bond motifs is 3. The third kappa shape index (κ3) is 2.96. The molecule has 8 heteroatoms. The van der Waals surface area contributed by atoms with E-state index in [-0.39, 0.29) is 0 Å². The van der Waals surface area contributed by atoms with E-state index in [0.29, 0.717) is 17.5 Å². The highest BCUT2D eigenvalue weighted by atomic mass is 32.2. The van der Waals surface area contributed by atoms with Crippen molar-refractivity contribution >= 4 is 33.3 Å². The van der Waals surface area contributed by atoms with Gasteiger partial charge in [0.15, 0.2) is 0 Å². The number of thioether (sulfide) groups is 1. The molecule has 0 saturated heterocycles. The Labute approximate surface area is 164 Å². The molecule has 0 N–H and O–H groups in total. The van der Waals surface area contributed by atoms with Gasteiger partial charge in [-0.3, -0.25) is 0 Å². The fraction of sp³-hybridized carbons (Fsp3) is 0.368. The zero-order valence-corrected chi connectivity index (χ0v) is 17.0. The lowest BCUT2D eigenvalue weighted by atomic mass is 10.2. The molecule has 0 unspecified atom stereocenters. The van der Waals surface area contributed by atoms with Crippen LogP contribution in [-0.4, -0.2) is 20.2 Å². The lowest BCUT2D eigenvalue weighted by molar-refractivity contribution is 0.499. The molecule has 0 fully saturated rings. The summed E-state index contributed by atoms with van der Waals surface area (Å²) in [5.74, 6) is 4.10. The molecular formula is C19H18N4O2S2. The second kappa shape index (κ2) is 6.45. The monoisotopic (exact) mass is 398 g/mol. The summed E-state index contributed by atoms with van der Waals surface area (Å²) in [6.45, 7) is 5.76. The van der Waals surface area contributed by atoms with Gasteiger partial charge < -0.3 is 8.83 Å². The summed E-state index contributed by atoms with van der Waals surface area (Å²) in [6, 6.07) is 1.92. The molecule has 1 aliphatic carbocycles. The van der Waals surface area contributed by atoms with Crippen molar-refractivity contribution in [3.63, 3.8) is 0 Å². The summed E-state index contributed by atoms with van der Waals surface area (Å²) < 4.78 is 11.4. The minimum Gasteiger partial charge on any atom is -0.466 e. The highest BCUT2D eigenvalue weighted by Gasteiger charge is 2.22. The quantitative estimate of drug-likeness (QED) is 0.352. The fourth-order valence-electron chi connectivity index (χ4n) is 3.56. The molecule has 0 aliphatic heterocycles. The Bertz CT molecular complexity index is 1160. The van der Waals surface area contributed by atoms with Gasteiger partial charge in [-0.2, -0.15) is 0 Å². The number of thiophene rings is 1. The maximum absolute atomic E-state index is 5.86. The van der Waals surface area contributed by atoms with Gasteiger partial charge in [0, 0.05) is 10.3 Å². The first-order valence-electron chi connectivity index (χ1n) is 8.90. The first-order chi connectivity index (χ1) is 13.1. The third-order valence-corrected chi connectivity index (χ3v) is 6.86. The van der Waals surface area contributed by atoms with Crippen LogP contribution < -0.4 is 0 Å². The van der Waals surface area contributed by atoms with Gasteiger partial charge in [0.05, 0.1) is 11.3 Å². The number of hydrogen-bond donors (Lipinski definition) is 0. The summed E-state index contributed by atoms with van der Waals surface area (Å²) >= 11 is 3.46. The summed E-state index contributed by atoms with van der Waals surface area (Å²) in [5.41, 5.74) is 2.29. The van der Waals surface area contributed by atoms with Crippen molar-refractivity contribution in [1.29, 1.82) is 0 Å². The number of nitrogens with zero attached hydrogens (tertiary/aromatic N) is 4. The Morgan fingerprint density at radius 1 is 1.11 bits per heavy atom. The third-order valence-electron chi connectivity index (χ3n) is 4.71. The Hall–Kier alpha value is -2.19. The number of aryl methyl sites for hydroxylation is 5. The molecule has 138 valence electrons. The molecule has 4 aromatic rings. The van der Waals surface area contributed by atoms with E-state index in [1.165, 1.54) is 22.2 Å². The van der Waals surface area contributed by atoms with Crippen LogP contribution in [0.4, 0.5) is 0 Å². The van der Waals surface area contributed by atoms with Gasteiger partial charge in [-0.25, -0.2) is 9.97 Å². The molecule has 4 aromatic heterocycles. The molecule has 0 bridgehead atoms. The van der Waals surface area contributed by atoms with Crippen LogP contribution in [0.1, 0.15) is 40.1 Å². The van der Waals surface area contributed by atoms with E-state index in [9.17, 15) is 0 Å². The van der Waals surface area contributed by atoms with Crippen molar-refractivity contribution in [3.05, 3.63) is 39.7 Å². The van der Waals surface area contributed by atoms with E-state index in [1.807, 2.05) is 38.2 Å². The van der Waals surface area contributed by atoms with Crippen molar-refractivity contribution in [1.82, 2.24) is 20.2 Å². The van der Waals surface area contributed by atoms with Crippen LogP contribution >= 0.6 is 23.1 Å². The number of aromatic nitrogens is 4. The minimum atomic E-state index is 0.500. The van der Waals surface area contributed by atoms with Crippen molar-refractivity contribution in [2.24, 2.45) is 0 Å². The van der Waals surface area contributed by atoms with E-state index in [2.05, 4.69) is 15.2 Å². The highest BCUT2D eigenvalue weighted by Crippen LogP contribution is 2.41. The van der Waals surface area contributed by atoms with Crippen molar-refractivity contribution < 1.29 is 8.83 Å². The average Bonchev–Trinajstić information content (AvgIpc) is 3.36. The van der Waals surface area contributed by atoms with Crippen LogP contribution in [0, 0.1) is 20.8 Å². The molecule has 0 aromatic carbocycles. The Morgan fingerprint density at radius 3 is 2.81 bits per heavy atom. The number of hydrogen-bond acceptors (Lipinski definition) is 8. The second-order valence-corrected chi connectivity index (χ2v) is 8.78. The summed E-state index contributed by atoms with van der Waals surface area (Å²) in [5, 5.41) is 10.6. The Balaban J connectivity index is 1.43. The topological polar surface area (TPSA) is 77.8 Å². The molecule has 0 saturated carbocycles. The van der Waals surface area contributed by atoms with Crippen LogP contribution in [0.25, 0.3) is 21.7 Å². The van der Waals surface area contributed by atoms with E-state index in [0.717, 1.165) is 45.6 Å². The Kier molecular flexibility index (Phi) is 4.05. The SMILES string of the molecule is Cc1nc(SCc2nnc(-c3cc(C)oc3C)o2)c2c3c(sc2n1)CCC3. The zero-order chi connectivity index (χ0) is 18.5. The maximum Gasteiger partial charge on any atom is 0.251 e. The highest BCUT2D eigenvalue weighted by molar-refractivity contribution is 7.98. The largest absolute Gasteiger partial charge is 0.466 e. The average molecular weight is 399 g/mol. The molecule has 6 nitrogen and oxygen atoms in total. The molecule has 0 amide bonds. The standard InChI is InChI=1S/C19H18N4O2S2/c1-9-7-13(10(2)24-9)17-23-22-15(25-17)8-26-18-16-12-5-4-6-14(12)27-19(16)21-11(3)20-18/h7H,4-6,8H2,1-3H3. The summed E-state index contributed by atoms with van der Waals surface area (Å²) in [7, 11) is 0. The summed E-state index contributed by atoms with van der Waals surface area (Å²) in [4.78, 5) is 11.9. The van der Waals surface area contributed by atoms with E-state index < -0.39 is 0 Å². The number of rotatable bonds is 4. The molecule has 0 radical (unpaired) electrons. The van der Waals surface area contributed by atoms with Crippen molar-refractivity contribution in [3.8, 4) is 11.5 Å². The molecule has 5 rings (SSSR count). The molecule has 0 spiro atoms. The molecule has 27 heavy (non-hydrogen) atoms. The fourth-order valence-corrected chi connectivity index (χ4v) is 5.87. The van der Waals surface area contributed by atoms with E-state index >= 15 is 0 Å². The zero-order valence-electron chi connectivity index (χ0n) is 15.3. The van der Waals surface area contributed by atoms with Crippen LogP contribution in [-0.2, 0) is 18.6 Å². The lowest BCUT2D eigenvalue weighted by Gasteiger charge is -2.04. The minimum absolute atomic E-state index is 0.500. The van der Waals surface area contributed by atoms with Crippen LogP contribution in [0.5, 0.6) is 0 Å². The number of furan rings is 1. The van der Waals surface area contributed by atoms with Gasteiger partial charge >= 0.3 is 0 Å². The van der Waals surface area contributed by atoms with Gasteiger partial charge in [0.1, 0.15) is 27.2 Å². The maximum atomic E-state index is 5.86. The predicted molar refractivity (Wildman–Crippen MR) is 105 cm³/mol. The second-order valence-electron chi connectivity index (χ2n) is 6.73. The van der Waals surface area contributed by atoms with Crippen LogP contribution in [0.3, 0.4) is 0 Å². The van der Waals surface area contributed by atoms with Gasteiger partial charge in [-0.1, -0.05) is 11.8 Å². The van der Waals surface area contributed by atoms with Crippen LogP contribution in [0.2, 0.25) is 0 Å². The van der Waals surface area contributed by atoms with Gasteiger partial charge in [-0.15, -0.1) is 21.5 Å². The van der Waals surface area contributed by atoms with Crippen LogP contribution in [0.15, 0.2) is 19.9 Å². The molecule has 4 heterocycles. The van der Waals surface area contributed by atoms with Gasteiger partial charge in [-0.05, 0) is 51.7 Å². The van der Waals surface area contributed by atoms with E-state index in [4.69, 9.17) is 13.8 Å². The Morgan fingerprint density at radius 2 is 2.00 bits per heavy atom. The predicted octanol–water partition coefficient (Wildman–Crippen LogP) is 5.04. The lowest BCUT2D eigenvalue weighted by Crippen LogP contribution is -1.93. The smallest absolute Gasteiger partial charge is 0.251 e. The first-order valence-corrected chi connectivity index (χ1v) is 10.7. The normalized spacial score (nSPS) is 13.6. The van der Waals surface area contributed by atoms with Crippen molar-refractivity contribution in [2.75, 3.05) is 0 Å².